The van der Waals surface area contributed by atoms with Gasteiger partial charge in [-0.25, -0.2) is 0 Å². The van der Waals surface area contributed by atoms with Gasteiger partial charge in [-0.05, 0) is 47.9 Å². The second kappa shape index (κ2) is 6.63. The lowest BCUT2D eigenvalue weighted by atomic mass is 9.95. The largest absolute Gasteiger partial charge is 0.342 e. The quantitative estimate of drug-likeness (QED) is 0.823. The van der Waals surface area contributed by atoms with E-state index in [0.29, 0.717) is 17.4 Å². The third kappa shape index (κ3) is 3.66. The van der Waals surface area contributed by atoms with Crippen molar-refractivity contribution in [3.05, 3.63) is 57.2 Å². The lowest BCUT2D eigenvalue weighted by Crippen LogP contribution is -2.38. The summed E-state index contributed by atoms with van der Waals surface area (Å²) in [6, 6.07) is 11.9. The summed E-state index contributed by atoms with van der Waals surface area (Å²) in [5, 5.41) is 2.84. The monoisotopic (exact) mass is 319 g/mol. The number of hydrogen-bond acceptors (Lipinski definition) is 2. The van der Waals surface area contributed by atoms with Crippen LogP contribution < -0.4 is 0 Å². The van der Waals surface area contributed by atoms with Crippen molar-refractivity contribution in [2.45, 2.75) is 25.2 Å². The maximum absolute atomic E-state index is 12.3. The molecule has 2 nitrogen and oxygen atoms in total. The summed E-state index contributed by atoms with van der Waals surface area (Å²) in [4.78, 5) is 15.8. The van der Waals surface area contributed by atoms with Crippen LogP contribution in [-0.2, 0) is 11.2 Å². The van der Waals surface area contributed by atoms with Gasteiger partial charge in [0.05, 0.1) is 6.42 Å². The summed E-state index contributed by atoms with van der Waals surface area (Å²) in [5.74, 6) is 0.853. The molecule has 0 N–H and O–H groups in total. The topological polar surface area (TPSA) is 20.3 Å². The second-order valence-electron chi connectivity index (χ2n) is 5.47. The molecular weight excluding hydrogens is 302 g/mol. The molecule has 2 heterocycles. The van der Waals surface area contributed by atoms with Gasteiger partial charge in [-0.15, -0.1) is 11.3 Å². The third-order valence-electron chi connectivity index (χ3n) is 4.06. The van der Waals surface area contributed by atoms with Crippen LogP contribution in [0.3, 0.4) is 0 Å². The summed E-state index contributed by atoms with van der Waals surface area (Å²) in [7, 11) is 0. The molecule has 2 aromatic rings. The molecule has 0 aliphatic carbocycles. The van der Waals surface area contributed by atoms with Gasteiger partial charge in [0.25, 0.3) is 0 Å². The molecule has 1 aliphatic rings. The summed E-state index contributed by atoms with van der Waals surface area (Å²) in [6.45, 7) is 1.74. The summed E-state index contributed by atoms with van der Waals surface area (Å²) < 4.78 is 0. The van der Waals surface area contributed by atoms with Crippen LogP contribution >= 0.6 is 22.9 Å². The number of benzene rings is 1. The smallest absolute Gasteiger partial charge is 0.226 e. The molecule has 1 saturated heterocycles. The van der Waals surface area contributed by atoms with Gasteiger partial charge in [-0.2, -0.15) is 0 Å². The van der Waals surface area contributed by atoms with Crippen molar-refractivity contribution >= 4 is 28.8 Å². The number of rotatable bonds is 3. The first-order valence-electron chi connectivity index (χ1n) is 7.28. The minimum atomic E-state index is 0.224. The van der Waals surface area contributed by atoms with Crippen LogP contribution in [0.1, 0.15) is 29.2 Å². The van der Waals surface area contributed by atoms with Crippen molar-refractivity contribution in [1.82, 2.24) is 4.90 Å². The lowest BCUT2D eigenvalue weighted by molar-refractivity contribution is -0.131. The number of amides is 1. The molecule has 1 aromatic heterocycles. The highest BCUT2D eigenvalue weighted by Gasteiger charge is 2.24. The van der Waals surface area contributed by atoms with E-state index in [-0.39, 0.29) is 5.91 Å². The zero-order valence-electron chi connectivity index (χ0n) is 11.8. The van der Waals surface area contributed by atoms with Crippen molar-refractivity contribution in [3.8, 4) is 0 Å². The number of likely N-dealkylation sites (tertiary alicyclic amines) is 1. The molecule has 0 radical (unpaired) electrons. The molecule has 1 aromatic carbocycles. The average molecular weight is 320 g/mol. The fraction of sp³-hybridized carbons (Fsp3) is 0.353. The molecule has 21 heavy (non-hydrogen) atoms. The van der Waals surface area contributed by atoms with Crippen LogP contribution in [0, 0.1) is 0 Å². The minimum Gasteiger partial charge on any atom is -0.342 e. The van der Waals surface area contributed by atoms with Crippen LogP contribution in [0.2, 0.25) is 5.02 Å². The Hall–Kier alpha value is -1.32. The van der Waals surface area contributed by atoms with Gasteiger partial charge in [-0.1, -0.05) is 29.8 Å². The molecule has 0 unspecified atom stereocenters. The van der Waals surface area contributed by atoms with Crippen molar-refractivity contribution in [2.24, 2.45) is 0 Å². The molecule has 1 amide bonds. The van der Waals surface area contributed by atoms with Crippen molar-refractivity contribution < 1.29 is 4.79 Å². The zero-order chi connectivity index (χ0) is 14.7. The highest BCUT2D eigenvalue weighted by molar-refractivity contribution is 7.10. The standard InChI is InChI=1S/C17H18ClNOS/c18-15-5-3-13(4-6-15)12-17(20)19-9-7-14(8-10-19)16-2-1-11-21-16/h1-6,11,14H,7-10,12H2. The van der Waals surface area contributed by atoms with E-state index in [1.54, 1.807) is 0 Å². The van der Waals surface area contributed by atoms with Gasteiger partial charge in [0, 0.05) is 23.0 Å². The average Bonchev–Trinajstić information content (AvgIpc) is 3.04. The highest BCUT2D eigenvalue weighted by Crippen LogP contribution is 2.31. The van der Waals surface area contributed by atoms with Gasteiger partial charge in [0.15, 0.2) is 0 Å². The van der Waals surface area contributed by atoms with Crippen molar-refractivity contribution in [1.29, 1.82) is 0 Å². The maximum Gasteiger partial charge on any atom is 0.226 e. The Bertz CT molecular complexity index is 586. The molecule has 1 fully saturated rings. The molecule has 4 heteroatoms. The number of carbonyl (C=O) groups is 1. The van der Waals surface area contributed by atoms with Crippen LogP contribution in [-0.4, -0.2) is 23.9 Å². The highest BCUT2D eigenvalue weighted by atomic mass is 35.5. The summed E-state index contributed by atoms with van der Waals surface area (Å²) in [6.07, 6.45) is 2.63. The Labute approximate surface area is 134 Å². The first-order chi connectivity index (χ1) is 10.2. The van der Waals surface area contributed by atoms with E-state index in [1.807, 2.05) is 40.5 Å². The molecule has 110 valence electrons. The Balaban J connectivity index is 1.54. The number of hydrogen-bond donors (Lipinski definition) is 0. The van der Waals surface area contributed by atoms with Gasteiger partial charge < -0.3 is 4.90 Å². The van der Waals surface area contributed by atoms with Crippen LogP contribution in [0.25, 0.3) is 0 Å². The normalized spacial score (nSPS) is 16.1. The zero-order valence-corrected chi connectivity index (χ0v) is 13.4. The molecule has 0 saturated carbocycles. The number of halogens is 1. The van der Waals surface area contributed by atoms with E-state index in [1.165, 1.54) is 4.88 Å². The third-order valence-corrected chi connectivity index (χ3v) is 5.35. The SMILES string of the molecule is O=C(Cc1ccc(Cl)cc1)N1CCC(c2cccs2)CC1. The fourth-order valence-corrected chi connectivity index (χ4v) is 3.85. The van der Waals surface area contributed by atoms with Crippen molar-refractivity contribution in [2.75, 3.05) is 13.1 Å². The second-order valence-corrected chi connectivity index (χ2v) is 6.89. The molecule has 0 spiro atoms. The van der Waals surface area contributed by atoms with Gasteiger partial charge in [0.2, 0.25) is 5.91 Å². The molecule has 0 atom stereocenters. The Morgan fingerprint density at radius 2 is 1.90 bits per heavy atom. The molecular formula is C17H18ClNOS. The Kier molecular flexibility index (Phi) is 4.61. The lowest BCUT2D eigenvalue weighted by Gasteiger charge is -2.31. The van der Waals surface area contributed by atoms with Gasteiger partial charge in [-0.3, -0.25) is 4.79 Å². The van der Waals surface area contributed by atoms with Crippen molar-refractivity contribution in [3.63, 3.8) is 0 Å². The van der Waals surface area contributed by atoms with E-state index in [9.17, 15) is 4.79 Å². The number of carbonyl (C=O) groups excluding carboxylic acids is 1. The van der Waals surface area contributed by atoms with Gasteiger partial charge >= 0.3 is 0 Å². The molecule has 3 rings (SSSR count). The number of piperidine rings is 1. The number of nitrogens with zero attached hydrogens (tertiary/aromatic N) is 1. The first-order valence-corrected chi connectivity index (χ1v) is 8.54. The van der Waals surface area contributed by atoms with Crippen LogP contribution in [0.4, 0.5) is 0 Å². The van der Waals surface area contributed by atoms with Crippen LogP contribution in [0.15, 0.2) is 41.8 Å². The maximum atomic E-state index is 12.3. The van der Waals surface area contributed by atoms with E-state index < -0.39 is 0 Å². The van der Waals surface area contributed by atoms with E-state index >= 15 is 0 Å². The minimum absolute atomic E-state index is 0.224. The first kappa shape index (κ1) is 14.6. The summed E-state index contributed by atoms with van der Waals surface area (Å²) >= 11 is 7.69. The van der Waals surface area contributed by atoms with E-state index in [0.717, 1.165) is 31.5 Å². The van der Waals surface area contributed by atoms with Gasteiger partial charge in [0.1, 0.15) is 0 Å². The molecule has 1 aliphatic heterocycles. The Morgan fingerprint density at radius 1 is 1.19 bits per heavy atom. The predicted octanol–water partition coefficient (Wildman–Crippen LogP) is 4.35. The van der Waals surface area contributed by atoms with Crippen LogP contribution in [0.5, 0.6) is 0 Å². The molecule has 0 bridgehead atoms. The summed E-state index contributed by atoms with van der Waals surface area (Å²) in [5.41, 5.74) is 1.03. The number of thiophene rings is 1. The van der Waals surface area contributed by atoms with E-state index in [2.05, 4.69) is 17.5 Å². The predicted molar refractivity (Wildman–Crippen MR) is 88.0 cm³/mol. The Morgan fingerprint density at radius 3 is 2.52 bits per heavy atom. The van der Waals surface area contributed by atoms with E-state index in [4.69, 9.17) is 11.6 Å². The fourth-order valence-electron chi connectivity index (χ4n) is 2.83.